The summed E-state index contributed by atoms with van der Waals surface area (Å²) in [5.41, 5.74) is 1.16. The van der Waals surface area contributed by atoms with Gasteiger partial charge in [0.15, 0.2) is 0 Å². The van der Waals surface area contributed by atoms with E-state index in [0.717, 1.165) is 18.5 Å². The third-order valence-corrected chi connectivity index (χ3v) is 3.82. The van der Waals surface area contributed by atoms with Gasteiger partial charge in [-0.25, -0.2) is 4.39 Å². The van der Waals surface area contributed by atoms with Crippen LogP contribution in [-0.2, 0) is 0 Å². The molecule has 18 heavy (non-hydrogen) atoms. The molecule has 0 fully saturated rings. The molecule has 0 amide bonds. The molecule has 102 valence electrons. The van der Waals surface area contributed by atoms with E-state index in [1.807, 2.05) is 12.1 Å². The number of rotatable bonds is 7. The SMILES string of the molecule is CCCC(C)CC(NCC)c1ccc(F)c(Br)c1. The highest BCUT2D eigenvalue weighted by Crippen LogP contribution is 2.27. The zero-order valence-electron chi connectivity index (χ0n) is 11.5. The van der Waals surface area contributed by atoms with Gasteiger partial charge in [0.2, 0.25) is 0 Å². The molecule has 0 aromatic heterocycles. The summed E-state index contributed by atoms with van der Waals surface area (Å²) < 4.78 is 13.8. The highest BCUT2D eigenvalue weighted by Gasteiger charge is 2.15. The molecule has 1 aromatic rings. The first-order valence-electron chi connectivity index (χ1n) is 6.76. The van der Waals surface area contributed by atoms with Crippen molar-refractivity contribution in [2.45, 2.75) is 46.1 Å². The Hall–Kier alpha value is -0.410. The summed E-state index contributed by atoms with van der Waals surface area (Å²) in [4.78, 5) is 0. The molecule has 0 heterocycles. The van der Waals surface area contributed by atoms with Crippen molar-refractivity contribution in [1.29, 1.82) is 0 Å². The summed E-state index contributed by atoms with van der Waals surface area (Å²) in [5, 5.41) is 3.49. The lowest BCUT2D eigenvalue weighted by Gasteiger charge is -2.22. The number of halogens is 2. The van der Waals surface area contributed by atoms with Gasteiger partial charge in [-0.3, -0.25) is 0 Å². The molecule has 1 rings (SSSR count). The van der Waals surface area contributed by atoms with Crippen LogP contribution in [0.5, 0.6) is 0 Å². The van der Waals surface area contributed by atoms with Crippen molar-refractivity contribution in [3.63, 3.8) is 0 Å². The zero-order valence-corrected chi connectivity index (χ0v) is 13.1. The largest absolute Gasteiger partial charge is 0.310 e. The zero-order chi connectivity index (χ0) is 13.5. The van der Waals surface area contributed by atoms with Crippen LogP contribution >= 0.6 is 15.9 Å². The molecule has 3 heteroatoms. The first-order chi connectivity index (χ1) is 8.58. The minimum absolute atomic E-state index is 0.199. The van der Waals surface area contributed by atoms with E-state index in [-0.39, 0.29) is 5.82 Å². The van der Waals surface area contributed by atoms with Crippen LogP contribution in [0, 0.1) is 11.7 Å². The van der Waals surface area contributed by atoms with E-state index in [1.54, 1.807) is 0 Å². The summed E-state index contributed by atoms with van der Waals surface area (Å²) in [6.07, 6.45) is 3.55. The molecule has 0 aliphatic heterocycles. The Kier molecular flexibility index (Phi) is 6.87. The van der Waals surface area contributed by atoms with Crippen molar-refractivity contribution < 1.29 is 4.39 Å². The van der Waals surface area contributed by atoms with Gasteiger partial charge < -0.3 is 5.32 Å². The molecular weight excluding hydrogens is 293 g/mol. The predicted octanol–water partition coefficient (Wildman–Crippen LogP) is 5.07. The van der Waals surface area contributed by atoms with Gasteiger partial charge in [-0.15, -0.1) is 0 Å². The van der Waals surface area contributed by atoms with E-state index in [2.05, 4.69) is 42.0 Å². The van der Waals surface area contributed by atoms with Crippen molar-refractivity contribution in [2.75, 3.05) is 6.54 Å². The fraction of sp³-hybridized carbons (Fsp3) is 0.600. The second kappa shape index (κ2) is 7.90. The molecular formula is C15H23BrFN. The molecule has 0 saturated heterocycles. The summed E-state index contributed by atoms with van der Waals surface area (Å²) in [6, 6.07) is 5.62. The van der Waals surface area contributed by atoms with E-state index in [0.29, 0.717) is 16.4 Å². The van der Waals surface area contributed by atoms with Crippen molar-refractivity contribution in [1.82, 2.24) is 5.32 Å². The molecule has 0 bridgehead atoms. The molecule has 2 unspecified atom stereocenters. The molecule has 1 aromatic carbocycles. The fourth-order valence-electron chi connectivity index (χ4n) is 2.33. The Bertz CT molecular complexity index is 368. The van der Waals surface area contributed by atoms with E-state index < -0.39 is 0 Å². The normalized spacial score (nSPS) is 14.5. The van der Waals surface area contributed by atoms with Crippen molar-refractivity contribution in [3.05, 3.63) is 34.1 Å². The van der Waals surface area contributed by atoms with Crippen LogP contribution in [0.3, 0.4) is 0 Å². The number of nitrogens with one attached hydrogen (secondary N) is 1. The third-order valence-electron chi connectivity index (χ3n) is 3.22. The lowest BCUT2D eigenvalue weighted by atomic mass is 9.93. The van der Waals surface area contributed by atoms with Crippen LogP contribution in [0.15, 0.2) is 22.7 Å². The molecule has 0 radical (unpaired) electrons. The van der Waals surface area contributed by atoms with Crippen molar-refractivity contribution in [3.8, 4) is 0 Å². The van der Waals surface area contributed by atoms with Gasteiger partial charge in [-0.1, -0.05) is 39.7 Å². The van der Waals surface area contributed by atoms with Gasteiger partial charge in [0.25, 0.3) is 0 Å². The first-order valence-corrected chi connectivity index (χ1v) is 7.56. The van der Waals surface area contributed by atoms with E-state index in [1.165, 1.54) is 18.9 Å². The van der Waals surface area contributed by atoms with Gasteiger partial charge in [-0.2, -0.15) is 0 Å². The highest BCUT2D eigenvalue weighted by molar-refractivity contribution is 9.10. The second-order valence-electron chi connectivity index (χ2n) is 4.91. The number of hydrogen-bond donors (Lipinski definition) is 1. The van der Waals surface area contributed by atoms with Gasteiger partial charge in [0.05, 0.1) is 4.47 Å². The topological polar surface area (TPSA) is 12.0 Å². The Balaban J connectivity index is 2.79. The predicted molar refractivity (Wildman–Crippen MR) is 79.2 cm³/mol. The maximum Gasteiger partial charge on any atom is 0.137 e. The summed E-state index contributed by atoms with van der Waals surface area (Å²) >= 11 is 3.26. The maximum atomic E-state index is 13.3. The van der Waals surface area contributed by atoms with Crippen LogP contribution in [-0.4, -0.2) is 6.54 Å². The van der Waals surface area contributed by atoms with Crippen molar-refractivity contribution >= 4 is 15.9 Å². The molecule has 1 nitrogen and oxygen atoms in total. The fourth-order valence-corrected chi connectivity index (χ4v) is 2.72. The Labute approximate surface area is 118 Å². The minimum atomic E-state index is -0.199. The Morgan fingerprint density at radius 3 is 2.61 bits per heavy atom. The summed E-state index contributed by atoms with van der Waals surface area (Å²) in [5.74, 6) is 0.485. The highest BCUT2D eigenvalue weighted by atomic mass is 79.9. The molecule has 0 aliphatic rings. The monoisotopic (exact) mass is 315 g/mol. The quantitative estimate of drug-likeness (QED) is 0.741. The minimum Gasteiger partial charge on any atom is -0.310 e. The molecule has 1 N–H and O–H groups in total. The summed E-state index contributed by atoms with van der Waals surface area (Å²) in [6.45, 7) is 7.54. The Morgan fingerprint density at radius 2 is 2.06 bits per heavy atom. The average Bonchev–Trinajstić information content (AvgIpc) is 2.32. The van der Waals surface area contributed by atoms with E-state index >= 15 is 0 Å². The van der Waals surface area contributed by atoms with Gasteiger partial charge in [-0.05, 0) is 52.5 Å². The number of hydrogen-bond acceptors (Lipinski definition) is 1. The Morgan fingerprint density at radius 1 is 1.33 bits per heavy atom. The van der Waals surface area contributed by atoms with Crippen LogP contribution in [0.2, 0.25) is 0 Å². The van der Waals surface area contributed by atoms with Crippen LogP contribution < -0.4 is 5.32 Å². The van der Waals surface area contributed by atoms with Crippen LogP contribution in [0.4, 0.5) is 4.39 Å². The van der Waals surface area contributed by atoms with Crippen LogP contribution in [0.25, 0.3) is 0 Å². The van der Waals surface area contributed by atoms with Crippen molar-refractivity contribution in [2.24, 2.45) is 5.92 Å². The van der Waals surface area contributed by atoms with E-state index in [9.17, 15) is 4.39 Å². The third kappa shape index (κ3) is 4.69. The first kappa shape index (κ1) is 15.6. The molecule has 0 aliphatic carbocycles. The number of benzene rings is 1. The van der Waals surface area contributed by atoms with Gasteiger partial charge in [0, 0.05) is 6.04 Å². The van der Waals surface area contributed by atoms with Gasteiger partial charge in [0.1, 0.15) is 5.82 Å². The second-order valence-corrected chi connectivity index (χ2v) is 5.77. The molecule has 2 atom stereocenters. The lowest BCUT2D eigenvalue weighted by Crippen LogP contribution is -2.23. The smallest absolute Gasteiger partial charge is 0.137 e. The summed E-state index contributed by atoms with van der Waals surface area (Å²) in [7, 11) is 0. The average molecular weight is 316 g/mol. The molecule has 0 saturated carbocycles. The molecule has 0 spiro atoms. The standard InChI is InChI=1S/C15H23BrFN/c1-4-6-11(3)9-15(18-5-2)12-7-8-14(17)13(16)10-12/h7-8,10-11,15,18H,4-6,9H2,1-3H3. The van der Waals surface area contributed by atoms with Crippen LogP contribution in [0.1, 0.15) is 51.6 Å². The van der Waals surface area contributed by atoms with Gasteiger partial charge >= 0.3 is 0 Å². The lowest BCUT2D eigenvalue weighted by molar-refractivity contribution is 0.395. The maximum absolute atomic E-state index is 13.3. The van der Waals surface area contributed by atoms with E-state index in [4.69, 9.17) is 0 Å².